The van der Waals surface area contributed by atoms with Crippen LogP contribution in [-0.4, -0.2) is 22.7 Å². The lowest BCUT2D eigenvalue weighted by molar-refractivity contribution is -0.138. The molecule has 0 saturated carbocycles. The van der Waals surface area contributed by atoms with E-state index < -0.39 is 5.97 Å². The molecule has 1 unspecified atom stereocenters. The van der Waals surface area contributed by atoms with Crippen LogP contribution in [0.5, 0.6) is 0 Å². The predicted octanol–water partition coefficient (Wildman–Crippen LogP) is 2.02. The lowest BCUT2D eigenvalue weighted by Gasteiger charge is -2.28. The number of hydrogen-bond acceptors (Lipinski definition) is 2. The Morgan fingerprint density at radius 2 is 2.08 bits per heavy atom. The van der Waals surface area contributed by atoms with E-state index in [4.69, 9.17) is 5.11 Å². The number of carboxylic acids is 1. The first kappa shape index (κ1) is 12.4. The fourth-order valence-corrected chi connectivity index (χ4v) is 1.60. The Morgan fingerprint density at radius 1 is 1.54 bits per heavy atom. The Morgan fingerprint density at radius 3 is 2.46 bits per heavy atom. The second-order valence-corrected chi connectivity index (χ2v) is 4.29. The Balaban J connectivity index is 3.92. The molecule has 13 heavy (non-hydrogen) atoms. The minimum Gasteiger partial charge on any atom is -0.481 e. The monoisotopic (exact) mass is 187 g/mol. The lowest BCUT2D eigenvalue weighted by atomic mass is 9.98. The summed E-state index contributed by atoms with van der Waals surface area (Å²) in [5.74, 6) is -0.749. The van der Waals surface area contributed by atoms with E-state index in [0.29, 0.717) is 6.04 Å². The highest BCUT2D eigenvalue weighted by Crippen LogP contribution is 2.11. The number of nitrogens with one attached hydrogen (secondary N) is 1. The molecule has 0 bridgehead atoms. The van der Waals surface area contributed by atoms with Gasteiger partial charge in [-0.2, -0.15) is 0 Å². The largest absolute Gasteiger partial charge is 0.481 e. The summed E-state index contributed by atoms with van der Waals surface area (Å²) >= 11 is 0. The summed E-state index contributed by atoms with van der Waals surface area (Å²) in [7, 11) is 0. The van der Waals surface area contributed by atoms with E-state index in [1.165, 1.54) is 0 Å². The van der Waals surface area contributed by atoms with E-state index in [-0.39, 0.29) is 12.0 Å². The van der Waals surface area contributed by atoms with Gasteiger partial charge < -0.3 is 10.4 Å². The maximum absolute atomic E-state index is 10.5. The molecule has 0 heterocycles. The number of hydrogen-bond donors (Lipinski definition) is 2. The van der Waals surface area contributed by atoms with Gasteiger partial charge >= 0.3 is 5.97 Å². The van der Waals surface area contributed by atoms with Crippen LogP contribution in [0.2, 0.25) is 0 Å². The molecule has 0 aliphatic heterocycles. The van der Waals surface area contributed by atoms with Gasteiger partial charge in [0.1, 0.15) is 0 Å². The van der Waals surface area contributed by atoms with Gasteiger partial charge in [0.05, 0.1) is 6.42 Å². The smallest absolute Gasteiger partial charge is 0.305 e. The Bertz CT molecular complexity index is 166. The van der Waals surface area contributed by atoms with Crippen molar-refractivity contribution in [3.8, 4) is 0 Å². The Hall–Kier alpha value is -0.570. The second kappa shape index (κ2) is 5.22. The van der Waals surface area contributed by atoms with E-state index in [1.54, 1.807) is 0 Å². The van der Waals surface area contributed by atoms with Crippen LogP contribution < -0.4 is 5.32 Å². The van der Waals surface area contributed by atoms with Crippen LogP contribution in [-0.2, 0) is 4.79 Å². The summed E-state index contributed by atoms with van der Waals surface area (Å²) in [4.78, 5) is 10.5. The zero-order valence-corrected chi connectivity index (χ0v) is 9.05. The molecule has 0 aliphatic carbocycles. The number of rotatable bonds is 6. The van der Waals surface area contributed by atoms with Crippen LogP contribution in [0.25, 0.3) is 0 Å². The molecule has 0 aromatic carbocycles. The molecule has 0 fully saturated rings. The zero-order chi connectivity index (χ0) is 10.5. The van der Waals surface area contributed by atoms with Gasteiger partial charge in [0.25, 0.3) is 0 Å². The van der Waals surface area contributed by atoms with Crippen LogP contribution >= 0.6 is 0 Å². The van der Waals surface area contributed by atoms with Crippen molar-refractivity contribution in [2.24, 2.45) is 0 Å². The summed E-state index contributed by atoms with van der Waals surface area (Å²) in [6.07, 6.45) is 2.38. The molecule has 78 valence electrons. The molecule has 3 nitrogen and oxygen atoms in total. The molecule has 0 aromatic heterocycles. The summed E-state index contributed by atoms with van der Waals surface area (Å²) in [6, 6.07) is 0.388. The molecule has 0 rings (SSSR count). The zero-order valence-electron chi connectivity index (χ0n) is 9.05. The van der Waals surface area contributed by atoms with Crippen molar-refractivity contribution >= 4 is 5.97 Å². The van der Waals surface area contributed by atoms with Gasteiger partial charge in [0, 0.05) is 11.6 Å². The van der Waals surface area contributed by atoms with Crippen LogP contribution in [0.1, 0.15) is 47.0 Å². The summed E-state index contributed by atoms with van der Waals surface area (Å²) in [5.41, 5.74) is -0.305. The standard InChI is InChI=1S/C10H21NO2/c1-5-6-8(2)11-10(3,4)7-9(12)13/h8,11H,5-7H2,1-4H3,(H,12,13). The van der Waals surface area contributed by atoms with Gasteiger partial charge in [-0.15, -0.1) is 0 Å². The van der Waals surface area contributed by atoms with E-state index in [2.05, 4.69) is 19.2 Å². The number of carboxylic acid groups (broad SMARTS) is 1. The third-order valence-corrected chi connectivity index (χ3v) is 1.95. The lowest BCUT2D eigenvalue weighted by Crippen LogP contribution is -2.46. The van der Waals surface area contributed by atoms with Crippen LogP contribution in [0.4, 0.5) is 0 Å². The van der Waals surface area contributed by atoms with Gasteiger partial charge in [0.2, 0.25) is 0 Å². The molecule has 3 heteroatoms. The van der Waals surface area contributed by atoms with Crippen LogP contribution in [0, 0.1) is 0 Å². The van der Waals surface area contributed by atoms with Gasteiger partial charge in [-0.3, -0.25) is 4.79 Å². The highest BCUT2D eigenvalue weighted by atomic mass is 16.4. The first-order valence-electron chi connectivity index (χ1n) is 4.87. The van der Waals surface area contributed by atoms with Crippen molar-refractivity contribution in [1.82, 2.24) is 5.32 Å². The highest BCUT2D eigenvalue weighted by Gasteiger charge is 2.22. The fourth-order valence-electron chi connectivity index (χ4n) is 1.60. The molecule has 0 radical (unpaired) electrons. The number of aliphatic carboxylic acids is 1. The third kappa shape index (κ3) is 6.58. The molecule has 0 aliphatic rings. The topological polar surface area (TPSA) is 49.3 Å². The maximum Gasteiger partial charge on any atom is 0.305 e. The average molecular weight is 187 g/mol. The molecular formula is C10H21NO2. The minimum atomic E-state index is -0.749. The van der Waals surface area contributed by atoms with Crippen molar-refractivity contribution in [3.63, 3.8) is 0 Å². The maximum atomic E-state index is 10.5. The van der Waals surface area contributed by atoms with Crippen molar-refractivity contribution < 1.29 is 9.90 Å². The molecule has 0 spiro atoms. The molecular weight excluding hydrogens is 166 g/mol. The van der Waals surface area contributed by atoms with Crippen molar-refractivity contribution in [2.75, 3.05) is 0 Å². The van der Waals surface area contributed by atoms with Gasteiger partial charge in [-0.05, 0) is 27.2 Å². The van der Waals surface area contributed by atoms with E-state index in [1.807, 2.05) is 13.8 Å². The van der Waals surface area contributed by atoms with Crippen molar-refractivity contribution in [1.29, 1.82) is 0 Å². The van der Waals surface area contributed by atoms with Gasteiger partial charge in [-0.25, -0.2) is 0 Å². The summed E-state index contributed by atoms with van der Waals surface area (Å²) in [5, 5.41) is 12.0. The van der Waals surface area contributed by atoms with Crippen LogP contribution in [0.15, 0.2) is 0 Å². The van der Waals surface area contributed by atoms with Crippen LogP contribution in [0.3, 0.4) is 0 Å². The number of carbonyl (C=O) groups is 1. The fraction of sp³-hybridized carbons (Fsp3) is 0.900. The molecule has 2 N–H and O–H groups in total. The van der Waals surface area contributed by atoms with Crippen molar-refractivity contribution in [2.45, 2.75) is 58.5 Å². The SMILES string of the molecule is CCCC(C)NC(C)(C)CC(=O)O. The third-order valence-electron chi connectivity index (χ3n) is 1.95. The molecule has 1 atom stereocenters. The normalized spacial score (nSPS) is 14.2. The second-order valence-electron chi connectivity index (χ2n) is 4.29. The average Bonchev–Trinajstić information content (AvgIpc) is 1.81. The molecule has 0 saturated heterocycles. The van der Waals surface area contributed by atoms with E-state index in [0.717, 1.165) is 12.8 Å². The van der Waals surface area contributed by atoms with E-state index in [9.17, 15) is 4.79 Å². The molecule has 0 amide bonds. The first-order chi connectivity index (χ1) is 5.87. The van der Waals surface area contributed by atoms with Crippen molar-refractivity contribution in [3.05, 3.63) is 0 Å². The predicted molar refractivity (Wildman–Crippen MR) is 53.8 cm³/mol. The molecule has 0 aromatic rings. The summed E-state index contributed by atoms with van der Waals surface area (Å²) in [6.45, 7) is 8.07. The first-order valence-corrected chi connectivity index (χ1v) is 4.87. The van der Waals surface area contributed by atoms with Gasteiger partial charge in [0.15, 0.2) is 0 Å². The highest BCUT2D eigenvalue weighted by molar-refractivity contribution is 5.68. The summed E-state index contributed by atoms with van der Waals surface area (Å²) < 4.78 is 0. The quantitative estimate of drug-likeness (QED) is 0.668. The van der Waals surface area contributed by atoms with E-state index >= 15 is 0 Å². The Kier molecular flexibility index (Phi) is 4.99. The minimum absolute atomic E-state index is 0.168. The van der Waals surface area contributed by atoms with Gasteiger partial charge in [-0.1, -0.05) is 13.3 Å². The Labute approximate surface area is 80.5 Å².